The van der Waals surface area contributed by atoms with Crippen molar-refractivity contribution in [3.63, 3.8) is 0 Å². The van der Waals surface area contributed by atoms with Gasteiger partial charge in [0, 0.05) is 58.0 Å². The van der Waals surface area contributed by atoms with Crippen molar-refractivity contribution < 1.29 is 33.1 Å². The van der Waals surface area contributed by atoms with E-state index in [0.717, 1.165) is 83.5 Å². The summed E-state index contributed by atoms with van der Waals surface area (Å²) in [6.45, 7) is 9.15. The number of fused-ring (bicyclic) bond motifs is 5. The molecule has 317 valence electrons. The van der Waals surface area contributed by atoms with Crippen LogP contribution in [0, 0.1) is 25.9 Å². The van der Waals surface area contributed by atoms with Crippen LogP contribution in [0.15, 0.2) is 173 Å². The van der Waals surface area contributed by atoms with Gasteiger partial charge in [-0.15, -0.1) is 54.1 Å². The van der Waals surface area contributed by atoms with Crippen molar-refractivity contribution in [2.24, 2.45) is 0 Å². The summed E-state index contributed by atoms with van der Waals surface area (Å²) in [5, 5.41) is 3.07. The minimum absolute atomic E-state index is 0. The number of furan rings is 2. The molecule has 0 N–H and O–H groups in total. The molecular weight excluding hydrogens is 963 g/mol. The van der Waals surface area contributed by atoms with Gasteiger partial charge in [-0.3, -0.25) is 4.98 Å². The van der Waals surface area contributed by atoms with E-state index in [2.05, 4.69) is 153 Å². The second kappa shape index (κ2) is 17.7. The minimum Gasteiger partial charge on any atom is -0.501 e. The first-order chi connectivity index (χ1) is 31.9. The predicted molar refractivity (Wildman–Crippen MR) is 259 cm³/mol. The third-order valence-corrected chi connectivity index (χ3v) is 11.8. The third kappa shape index (κ3) is 7.78. The second-order valence-electron chi connectivity index (χ2n) is 16.6. The van der Waals surface area contributed by atoms with Gasteiger partial charge in [0.2, 0.25) is 0 Å². The van der Waals surface area contributed by atoms with Gasteiger partial charge in [0.05, 0.1) is 22.4 Å². The van der Waals surface area contributed by atoms with Crippen LogP contribution in [0.5, 0.6) is 0 Å². The monoisotopic (exact) mass is 1010 g/mol. The number of imidazole rings is 1. The number of para-hydroxylation sites is 2. The quantitative estimate of drug-likeness (QED) is 0.149. The van der Waals surface area contributed by atoms with E-state index in [4.69, 9.17) is 17.9 Å². The SMILES string of the molecule is Cc1c(-c2ccccc2)oc2cc3c(cc12)oc1c(-c2nc4ccccc4n2-c2c(C(C)C)cc(-c4ccccc4)cc2C(C)C)[c-]ccc13.[2H]C([2H])([2H])c1ccc(-c2[c-]cccc2)nc1.[Ir]. The zero-order valence-electron chi connectivity index (χ0n) is 39.2. The fourth-order valence-electron chi connectivity index (χ4n) is 8.63. The van der Waals surface area contributed by atoms with E-state index in [0.29, 0.717) is 0 Å². The summed E-state index contributed by atoms with van der Waals surface area (Å²) < 4.78 is 37.4. The van der Waals surface area contributed by atoms with Crippen LogP contribution in [0.25, 0.3) is 94.7 Å². The Morgan fingerprint density at radius 1 is 0.625 bits per heavy atom. The Hall–Kier alpha value is -6.85. The first-order valence-corrected chi connectivity index (χ1v) is 21.4. The van der Waals surface area contributed by atoms with Gasteiger partial charge in [-0.2, -0.15) is 0 Å². The molecule has 0 unspecified atom stereocenters. The van der Waals surface area contributed by atoms with E-state index in [9.17, 15) is 0 Å². The van der Waals surface area contributed by atoms with Crippen LogP contribution in [-0.2, 0) is 20.1 Å². The average Bonchev–Trinajstić information content (AvgIpc) is 4.01. The molecule has 0 fully saturated rings. The van der Waals surface area contributed by atoms with E-state index in [1.54, 1.807) is 18.2 Å². The van der Waals surface area contributed by atoms with Crippen molar-refractivity contribution in [1.82, 2.24) is 14.5 Å². The van der Waals surface area contributed by atoms with Gasteiger partial charge >= 0.3 is 0 Å². The molecule has 0 bridgehead atoms. The molecule has 4 aromatic heterocycles. The molecule has 5 nitrogen and oxygen atoms in total. The molecule has 0 atom stereocenters. The van der Waals surface area contributed by atoms with E-state index in [1.165, 1.54) is 34.1 Å². The van der Waals surface area contributed by atoms with Crippen LogP contribution in [0.2, 0.25) is 0 Å². The number of aromatic nitrogens is 3. The van der Waals surface area contributed by atoms with Crippen molar-refractivity contribution in [3.05, 3.63) is 198 Å². The van der Waals surface area contributed by atoms with Crippen LogP contribution in [0.3, 0.4) is 0 Å². The summed E-state index contributed by atoms with van der Waals surface area (Å²) in [4.78, 5) is 9.44. The summed E-state index contributed by atoms with van der Waals surface area (Å²) >= 11 is 0. The van der Waals surface area contributed by atoms with E-state index in [1.807, 2.05) is 42.5 Å². The number of hydrogen-bond acceptors (Lipinski definition) is 4. The first kappa shape index (κ1) is 38.8. The Kier molecular flexibility index (Phi) is 10.7. The van der Waals surface area contributed by atoms with E-state index in [-0.39, 0.29) is 37.5 Å². The smallest absolute Gasteiger partial charge is 0.138 e. The normalized spacial score (nSPS) is 12.3. The standard InChI is InChI=1S/C46H37N2O2.C12H10N.Ir/c1-27(2)35-23-32(30-15-8-6-9-16-30)24-36(28(3)4)43(35)48-40-22-13-12-21-39(40)47-46(48)34-20-14-19-33-38-26-41-37(25-42(38)50-45(33)34)29(5)44(49-41)31-17-10-7-11-18-31;1-10-7-8-12(13-9-10)11-5-3-2-4-6-11;/h6-19,21-28H,1-5H3;2-5,7-9H,1H3;/q2*-1;/i;1D3;. The summed E-state index contributed by atoms with van der Waals surface area (Å²) in [6, 6.07) is 59.8. The Morgan fingerprint density at radius 3 is 1.97 bits per heavy atom. The van der Waals surface area contributed by atoms with Crippen molar-refractivity contribution in [2.75, 3.05) is 0 Å². The molecule has 0 aliphatic carbocycles. The molecule has 7 aromatic carbocycles. The molecule has 0 saturated heterocycles. The molecule has 11 aromatic rings. The first-order valence-electron chi connectivity index (χ1n) is 22.9. The molecule has 64 heavy (non-hydrogen) atoms. The summed E-state index contributed by atoms with van der Waals surface area (Å²) in [5.41, 5.74) is 15.5. The molecular formula is C58H47IrN3O2-2. The predicted octanol–water partition coefficient (Wildman–Crippen LogP) is 15.9. The average molecular weight is 1010 g/mol. The molecule has 0 saturated carbocycles. The van der Waals surface area contributed by atoms with Gasteiger partial charge in [0.15, 0.2) is 0 Å². The van der Waals surface area contributed by atoms with E-state index < -0.39 is 6.85 Å². The zero-order chi connectivity index (χ0) is 45.7. The number of benzene rings is 7. The molecule has 0 spiro atoms. The maximum Gasteiger partial charge on any atom is 0.138 e. The van der Waals surface area contributed by atoms with Gasteiger partial charge < -0.3 is 18.4 Å². The molecule has 6 heteroatoms. The maximum atomic E-state index is 7.23. The number of rotatable bonds is 7. The summed E-state index contributed by atoms with van der Waals surface area (Å²) in [5.74, 6) is 2.25. The third-order valence-electron chi connectivity index (χ3n) is 11.8. The van der Waals surface area contributed by atoms with Gasteiger partial charge in [-0.05, 0) is 95.5 Å². The van der Waals surface area contributed by atoms with Crippen LogP contribution < -0.4 is 0 Å². The largest absolute Gasteiger partial charge is 0.501 e. The molecule has 0 amide bonds. The summed E-state index contributed by atoms with van der Waals surface area (Å²) in [6.07, 6.45) is 1.39. The molecule has 1 radical (unpaired) electrons. The van der Waals surface area contributed by atoms with Gasteiger partial charge in [-0.25, -0.2) is 0 Å². The van der Waals surface area contributed by atoms with Crippen LogP contribution in [0.4, 0.5) is 0 Å². The van der Waals surface area contributed by atoms with Crippen molar-refractivity contribution >= 4 is 43.9 Å². The Labute approximate surface area is 392 Å². The maximum absolute atomic E-state index is 7.23. The Bertz CT molecular complexity index is 3490. The molecule has 4 heterocycles. The van der Waals surface area contributed by atoms with Gasteiger partial charge in [0.25, 0.3) is 0 Å². The van der Waals surface area contributed by atoms with E-state index >= 15 is 0 Å². The van der Waals surface area contributed by atoms with Gasteiger partial charge in [0.1, 0.15) is 16.9 Å². The Balaban J connectivity index is 0.000000281. The molecule has 0 aliphatic heterocycles. The second-order valence-corrected chi connectivity index (χ2v) is 16.6. The van der Waals surface area contributed by atoms with Gasteiger partial charge in [-0.1, -0.05) is 124 Å². The number of hydrogen-bond donors (Lipinski definition) is 0. The van der Waals surface area contributed by atoms with Crippen LogP contribution in [-0.4, -0.2) is 14.5 Å². The molecule has 11 rings (SSSR count). The summed E-state index contributed by atoms with van der Waals surface area (Å²) in [7, 11) is 0. The van der Waals surface area contributed by atoms with Crippen molar-refractivity contribution in [2.45, 2.75) is 53.3 Å². The topological polar surface area (TPSA) is 57.0 Å². The van der Waals surface area contributed by atoms with Crippen molar-refractivity contribution in [3.8, 4) is 50.8 Å². The van der Waals surface area contributed by atoms with Crippen LogP contribution in [0.1, 0.15) is 65.9 Å². The fourth-order valence-corrected chi connectivity index (χ4v) is 8.63. The minimum atomic E-state index is -2.09. The number of nitrogens with zero attached hydrogens (tertiary/aromatic N) is 3. The van der Waals surface area contributed by atoms with Crippen LogP contribution >= 0.6 is 0 Å². The fraction of sp³-hybridized carbons (Fsp3) is 0.138. The number of pyridine rings is 1. The Morgan fingerprint density at radius 2 is 1.30 bits per heavy atom. The zero-order valence-corrected chi connectivity index (χ0v) is 38.6. The van der Waals surface area contributed by atoms with Crippen molar-refractivity contribution in [1.29, 1.82) is 0 Å². The molecule has 0 aliphatic rings. The number of aryl methyl sites for hydroxylation is 2.